The number of nitrogens with one attached hydrogen (secondary N) is 3. The Morgan fingerprint density at radius 2 is 2.17 bits per heavy atom. The summed E-state index contributed by atoms with van der Waals surface area (Å²) in [7, 11) is 1.58. The number of rotatable bonds is 6. The summed E-state index contributed by atoms with van der Waals surface area (Å²) in [4.78, 5) is 23.6. The molecule has 6 nitrogen and oxygen atoms in total. The maximum Gasteiger partial charge on any atom is 0.242 e. The summed E-state index contributed by atoms with van der Waals surface area (Å²) in [6.45, 7) is 6.19. The highest BCUT2D eigenvalue weighted by molar-refractivity contribution is 5.88. The van der Waals surface area contributed by atoms with E-state index in [-0.39, 0.29) is 17.7 Å². The molecule has 0 bridgehead atoms. The third-order valence-electron chi connectivity index (χ3n) is 3.21. The van der Waals surface area contributed by atoms with E-state index in [1.165, 1.54) is 0 Å². The summed E-state index contributed by atoms with van der Waals surface area (Å²) >= 11 is 0. The van der Waals surface area contributed by atoms with E-state index in [0.717, 1.165) is 6.54 Å². The Morgan fingerprint density at radius 3 is 2.72 bits per heavy atom. The number of hydrogen-bond acceptors (Lipinski definition) is 4. The Kier molecular flexibility index (Phi) is 6.07. The molecule has 0 aromatic carbocycles. The number of hydrogen-bond donors (Lipinski definition) is 3. The third kappa shape index (κ3) is 4.27. The van der Waals surface area contributed by atoms with Crippen LogP contribution in [0.5, 0.6) is 0 Å². The molecule has 3 unspecified atom stereocenters. The third-order valence-corrected chi connectivity index (χ3v) is 3.21. The lowest BCUT2D eigenvalue weighted by atomic mass is 9.97. The molecule has 1 aliphatic heterocycles. The van der Waals surface area contributed by atoms with Gasteiger partial charge in [0.05, 0.1) is 12.5 Å². The Labute approximate surface area is 108 Å². The second-order valence-electron chi connectivity index (χ2n) is 4.76. The number of carbonyl (C=O) groups is 2. The molecule has 3 atom stereocenters. The first-order valence-electron chi connectivity index (χ1n) is 6.34. The van der Waals surface area contributed by atoms with Crippen LogP contribution in [-0.2, 0) is 14.3 Å². The Balaban J connectivity index is 2.32. The zero-order valence-electron chi connectivity index (χ0n) is 11.3. The SMILES string of the molecule is COCCNC(=O)C(C)NC(=O)C1CNCC1C. The molecule has 104 valence electrons. The molecule has 6 heteroatoms. The molecule has 1 rings (SSSR count). The molecule has 0 radical (unpaired) electrons. The number of ether oxygens (including phenoxy) is 1. The minimum Gasteiger partial charge on any atom is -0.383 e. The van der Waals surface area contributed by atoms with Crippen LogP contribution in [0.15, 0.2) is 0 Å². The van der Waals surface area contributed by atoms with Crippen molar-refractivity contribution in [3.05, 3.63) is 0 Å². The number of methoxy groups -OCH3 is 1. The molecule has 1 heterocycles. The topological polar surface area (TPSA) is 79.5 Å². The van der Waals surface area contributed by atoms with Crippen LogP contribution in [0.1, 0.15) is 13.8 Å². The molecular formula is C12H23N3O3. The minimum absolute atomic E-state index is 0.0424. The average molecular weight is 257 g/mol. The summed E-state index contributed by atoms with van der Waals surface area (Å²) < 4.78 is 4.84. The summed E-state index contributed by atoms with van der Waals surface area (Å²) in [6, 6.07) is -0.512. The van der Waals surface area contributed by atoms with Gasteiger partial charge in [-0.1, -0.05) is 6.92 Å². The first kappa shape index (κ1) is 14.9. The second-order valence-corrected chi connectivity index (χ2v) is 4.76. The van der Waals surface area contributed by atoms with Gasteiger partial charge >= 0.3 is 0 Å². The van der Waals surface area contributed by atoms with Crippen molar-refractivity contribution in [3.63, 3.8) is 0 Å². The lowest BCUT2D eigenvalue weighted by Gasteiger charge is -2.18. The van der Waals surface area contributed by atoms with E-state index in [0.29, 0.717) is 25.6 Å². The molecule has 2 amide bonds. The quantitative estimate of drug-likeness (QED) is 0.539. The van der Waals surface area contributed by atoms with Gasteiger partial charge in [0.25, 0.3) is 0 Å². The van der Waals surface area contributed by atoms with Crippen LogP contribution in [0, 0.1) is 11.8 Å². The van der Waals surface area contributed by atoms with Crippen LogP contribution in [-0.4, -0.2) is 51.2 Å². The maximum atomic E-state index is 11.9. The highest BCUT2D eigenvalue weighted by atomic mass is 16.5. The van der Waals surface area contributed by atoms with E-state index in [1.54, 1.807) is 14.0 Å². The highest BCUT2D eigenvalue weighted by Gasteiger charge is 2.30. The van der Waals surface area contributed by atoms with Crippen molar-refractivity contribution in [2.24, 2.45) is 11.8 Å². The molecular weight excluding hydrogens is 234 g/mol. The van der Waals surface area contributed by atoms with Gasteiger partial charge in [0.2, 0.25) is 11.8 Å². The van der Waals surface area contributed by atoms with Gasteiger partial charge in [-0.3, -0.25) is 9.59 Å². The summed E-state index contributed by atoms with van der Waals surface area (Å²) in [5, 5.41) is 8.61. The van der Waals surface area contributed by atoms with Crippen LogP contribution in [0.4, 0.5) is 0 Å². The van der Waals surface area contributed by atoms with E-state index in [9.17, 15) is 9.59 Å². The van der Waals surface area contributed by atoms with Crippen molar-refractivity contribution in [3.8, 4) is 0 Å². The van der Waals surface area contributed by atoms with Crippen LogP contribution in [0.25, 0.3) is 0 Å². The minimum atomic E-state index is -0.512. The molecule has 0 spiro atoms. The summed E-state index contributed by atoms with van der Waals surface area (Å²) in [5.74, 6) is 0.0360. The predicted molar refractivity (Wildman–Crippen MR) is 68.0 cm³/mol. The van der Waals surface area contributed by atoms with Gasteiger partial charge in [0.1, 0.15) is 6.04 Å². The van der Waals surface area contributed by atoms with Crippen LogP contribution < -0.4 is 16.0 Å². The fourth-order valence-corrected chi connectivity index (χ4v) is 1.98. The lowest BCUT2D eigenvalue weighted by Crippen LogP contribution is -2.48. The molecule has 0 aromatic rings. The van der Waals surface area contributed by atoms with E-state index in [2.05, 4.69) is 16.0 Å². The maximum absolute atomic E-state index is 11.9. The van der Waals surface area contributed by atoms with Crippen LogP contribution in [0.3, 0.4) is 0 Å². The van der Waals surface area contributed by atoms with Gasteiger partial charge in [0.15, 0.2) is 0 Å². The Morgan fingerprint density at radius 1 is 1.44 bits per heavy atom. The van der Waals surface area contributed by atoms with Gasteiger partial charge < -0.3 is 20.7 Å². The summed E-state index contributed by atoms with van der Waals surface area (Å²) in [6.07, 6.45) is 0. The number of carbonyl (C=O) groups excluding carboxylic acids is 2. The average Bonchev–Trinajstić information content (AvgIpc) is 2.75. The molecule has 1 aliphatic rings. The zero-order valence-corrected chi connectivity index (χ0v) is 11.3. The Bertz CT molecular complexity index is 296. The van der Waals surface area contributed by atoms with Gasteiger partial charge in [0, 0.05) is 20.2 Å². The fraction of sp³-hybridized carbons (Fsp3) is 0.833. The van der Waals surface area contributed by atoms with Gasteiger partial charge in [-0.2, -0.15) is 0 Å². The molecule has 3 N–H and O–H groups in total. The molecule has 0 aromatic heterocycles. The van der Waals surface area contributed by atoms with E-state index >= 15 is 0 Å². The molecule has 18 heavy (non-hydrogen) atoms. The van der Waals surface area contributed by atoms with Gasteiger partial charge in [-0.25, -0.2) is 0 Å². The van der Waals surface area contributed by atoms with Gasteiger partial charge in [-0.15, -0.1) is 0 Å². The molecule has 0 saturated carbocycles. The lowest BCUT2D eigenvalue weighted by molar-refractivity contribution is -0.131. The normalized spacial score (nSPS) is 24.6. The van der Waals surface area contributed by atoms with Crippen molar-refractivity contribution < 1.29 is 14.3 Å². The van der Waals surface area contributed by atoms with Crippen molar-refractivity contribution in [1.82, 2.24) is 16.0 Å². The second kappa shape index (κ2) is 7.33. The fourth-order valence-electron chi connectivity index (χ4n) is 1.98. The zero-order chi connectivity index (χ0) is 13.5. The van der Waals surface area contributed by atoms with Crippen molar-refractivity contribution in [1.29, 1.82) is 0 Å². The monoisotopic (exact) mass is 257 g/mol. The van der Waals surface area contributed by atoms with Gasteiger partial charge in [-0.05, 0) is 19.4 Å². The summed E-state index contributed by atoms with van der Waals surface area (Å²) in [5.41, 5.74) is 0. The first-order valence-corrected chi connectivity index (χ1v) is 6.34. The Hall–Kier alpha value is -1.14. The molecule has 1 saturated heterocycles. The number of amides is 2. The van der Waals surface area contributed by atoms with Crippen molar-refractivity contribution in [2.75, 3.05) is 33.4 Å². The van der Waals surface area contributed by atoms with Crippen molar-refractivity contribution >= 4 is 11.8 Å². The van der Waals surface area contributed by atoms with Crippen LogP contribution in [0.2, 0.25) is 0 Å². The smallest absolute Gasteiger partial charge is 0.242 e. The van der Waals surface area contributed by atoms with E-state index in [1.807, 2.05) is 6.92 Å². The largest absolute Gasteiger partial charge is 0.383 e. The standard InChI is InChI=1S/C12H23N3O3/c1-8-6-13-7-10(8)12(17)15-9(2)11(16)14-4-5-18-3/h8-10,13H,4-7H2,1-3H3,(H,14,16)(H,15,17). The van der Waals surface area contributed by atoms with Crippen LogP contribution >= 0.6 is 0 Å². The van der Waals surface area contributed by atoms with Crippen molar-refractivity contribution in [2.45, 2.75) is 19.9 Å². The first-order chi connectivity index (χ1) is 8.56. The van der Waals surface area contributed by atoms with E-state index in [4.69, 9.17) is 4.74 Å². The predicted octanol–water partition coefficient (Wildman–Crippen LogP) is -0.891. The highest BCUT2D eigenvalue weighted by Crippen LogP contribution is 2.15. The van der Waals surface area contributed by atoms with E-state index < -0.39 is 6.04 Å². The molecule has 1 fully saturated rings. The molecule has 0 aliphatic carbocycles.